The Bertz CT molecular complexity index is 1630. The minimum atomic E-state index is -4.33. The van der Waals surface area contributed by atoms with Gasteiger partial charge in [-0.25, -0.2) is 0 Å². The molecule has 3 aromatic carbocycles. The number of nitrogens with zero attached hydrogens (tertiary/aromatic N) is 1. The number of anilines is 1. The SMILES string of the molecule is COc1cccc(/C=C2\SC(=O)N(CCOc3cc(C)ccc3C)C2=O)c1OS(=O)(=O)c1ccc(NC(C)=O)cc1. The third-order valence-corrected chi connectivity index (χ3v) is 8.10. The number of amides is 3. The normalized spacial score (nSPS) is 14.3. The highest BCUT2D eigenvalue weighted by atomic mass is 32.2. The highest BCUT2D eigenvalue weighted by Gasteiger charge is 2.35. The van der Waals surface area contributed by atoms with Gasteiger partial charge in [-0.15, -0.1) is 0 Å². The van der Waals surface area contributed by atoms with Crippen LogP contribution in [0, 0.1) is 13.8 Å². The van der Waals surface area contributed by atoms with Crippen LogP contribution in [-0.2, 0) is 19.7 Å². The van der Waals surface area contributed by atoms with Crippen LogP contribution in [0.25, 0.3) is 6.08 Å². The molecule has 1 heterocycles. The van der Waals surface area contributed by atoms with Gasteiger partial charge in [0.25, 0.3) is 11.1 Å². The molecule has 1 aliphatic rings. The van der Waals surface area contributed by atoms with Gasteiger partial charge in [-0.3, -0.25) is 19.3 Å². The Labute approximate surface area is 242 Å². The van der Waals surface area contributed by atoms with Gasteiger partial charge in [-0.1, -0.05) is 24.3 Å². The number of carbonyl (C=O) groups excluding carboxylic acids is 3. The highest BCUT2D eigenvalue weighted by Crippen LogP contribution is 2.38. The van der Waals surface area contributed by atoms with Crippen LogP contribution in [0.15, 0.2) is 70.5 Å². The molecule has 214 valence electrons. The Morgan fingerprint density at radius 2 is 1.76 bits per heavy atom. The Hall–Kier alpha value is -4.29. The zero-order valence-electron chi connectivity index (χ0n) is 22.8. The van der Waals surface area contributed by atoms with Gasteiger partial charge in [0, 0.05) is 18.2 Å². The topological polar surface area (TPSA) is 128 Å². The molecule has 3 amide bonds. The van der Waals surface area contributed by atoms with Gasteiger partial charge in [0.15, 0.2) is 11.5 Å². The maximum atomic E-state index is 13.1. The van der Waals surface area contributed by atoms with Crippen molar-refractivity contribution in [2.24, 2.45) is 0 Å². The van der Waals surface area contributed by atoms with E-state index in [2.05, 4.69) is 5.32 Å². The molecule has 0 saturated carbocycles. The first kappa shape index (κ1) is 29.7. The second kappa shape index (κ2) is 12.5. The molecule has 3 aromatic rings. The van der Waals surface area contributed by atoms with Gasteiger partial charge >= 0.3 is 10.1 Å². The maximum absolute atomic E-state index is 13.1. The number of imide groups is 1. The third-order valence-electron chi connectivity index (χ3n) is 5.96. The zero-order chi connectivity index (χ0) is 29.7. The summed E-state index contributed by atoms with van der Waals surface area (Å²) in [6.45, 7) is 5.35. The molecule has 0 aromatic heterocycles. The fraction of sp³-hybridized carbons (Fsp3) is 0.207. The van der Waals surface area contributed by atoms with Crippen molar-refractivity contribution in [1.82, 2.24) is 4.90 Å². The second-order valence-electron chi connectivity index (χ2n) is 9.07. The predicted molar refractivity (Wildman–Crippen MR) is 156 cm³/mol. The van der Waals surface area contributed by atoms with E-state index in [9.17, 15) is 22.8 Å². The molecule has 41 heavy (non-hydrogen) atoms. The molecule has 10 nitrogen and oxygen atoms in total. The summed E-state index contributed by atoms with van der Waals surface area (Å²) >= 11 is 0.734. The number of nitrogens with one attached hydrogen (secondary N) is 1. The smallest absolute Gasteiger partial charge is 0.339 e. The van der Waals surface area contributed by atoms with Gasteiger partial charge < -0.3 is 19.0 Å². The van der Waals surface area contributed by atoms with E-state index in [1.165, 1.54) is 50.4 Å². The molecule has 1 saturated heterocycles. The van der Waals surface area contributed by atoms with E-state index in [0.29, 0.717) is 11.4 Å². The van der Waals surface area contributed by atoms with Crippen LogP contribution in [0.5, 0.6) is 17.2 Å². The maximum Gasteiger partial charge on any atom is 0.339 e. The number of carbonyl (C=O) groups is 3. The van der Waals surface area contributed by atoms with Crippen molar-refractivity contribution < 1.29 is 36.5 Å². The first-order valence-corrected chi connectivity index (χ1v) is 14.7. The number of para-hydroxylation sites is 1. The Balaban J connectivity index is 1.54. The summed E-state index contributed by atoms with van der Waals surface area (Å²) in [4.78, 5) is 38.0. The van der Waals surface area contributed by atoms with Crippen molar-refractivity contribution in [3.63, 3.8) is 0 Å². The average Bonchev–Trinajstić information content (AvgIpc) is 3.18. The number of aryl methyl sites for hydroxylation is 2. The first-order valence-electron chi connectivity index (χ1n) is 12.4. The predicted octanol–water partition coefficient (Wildman–Crippen LogP) is 5.15. The van der Waals surface area contributed by atoms with Crippen molar-refractivity contribution in [3.05, 3.63) is 82.3 Å². The Kier molecular flexibility index (Phi) is 9.04. The van der Waals surface area contributed by atoms with E-state index in [-0.39, 0.29) is 45.9 Å². The number of methoxy groups -OCH3 is 1. The molecule has 1 aliphatic heterocycles. The molecular formula is C29H28N2O8S2. The van der Waals surface area contributed by atoms with Crippen molar-refractivity contribution >= 4 is 50.7 Å². The van der Waals surface area contributed by atoms with E-state index >= 15 is 0 Å². The van der Waals surface area contributed by atoms with Crippen molar-refractivity contribution in [2.75, 3.05) is 25.6 Å². The monoisotopic (exact) mass is 596 g/mol. The standard InChI is InChI=1S/C29H28N2O8S2/c1-18-8-9-19(2)25(16-18)38-15-14-31-28(33)26(40-29(31)34)17-21-6-5-7-24(37-4)27(21)39-41(35,36)23-12-10-22(11-13-23)30-20(3)32/h5-13,16-17H,14-15H2,1-4H3,(H,30,32)/b26-17-. The molecule has 12 heteroatoms. The Morgan fingerprint density at radius 3 is 2.44 bits per heavy atom. The second-order valence-corrected chi connectivity index (χ2v) is 11.6. The molecule has 1 N–H and O–H groups in total. The van der Waals surface area contributed by atoms with Crippen LogP contribution in [0.3, 0.4) is 0 Å². The number of thioether (sulfide) groups is 1. The van der Waals surface area contributed by atoms with Crippen LogP contribution < -0.4 is 19.0 Å². The van der Waals surface area contributed by atoms with Gasteiger partial charge in [0.05, 0.1) is 18.6 Å². The molecule has 0 spiro atoms. The van der Waals surface area contributed by atoms with E-state index in [1.807, 2.05) is 32.0 Å². The van der Waals surface area contributed by atoms with Crippen molar-refractivity contribution in [3.8, 4) is 17.2 Å². The number of ether oxygens (including phenoxy) is 2. The van der Waals surface area contributed by atoms with E-state index in [4.69, 9.17) is 13.7 Å². The number of hydrogen-bond donors (Lipinski definition) is 1. The van der Waals surface area contributed by atoms with E-state index in [0.717, 1.165) is 27.8 Å². The van der Waals surface area contributed by atoms with Crippen LogP contribution in [0.2, 0.25) is 0 Å². The molecule has 0 unspecified atom stereocenters. The highest BCUT2D eigenvalue weighted by molar-refractivity contribution is 8.18. The summed E-state index contributed by atoms with van der Waals surface area (Å²) in [5.74, 6) is -0.190. The average molecular weight is 597 g/mol. The van der Waals surface area contributed by atoms with Gasteiger partial charge in [-0.2, -0.15) is 8.42 Å². The summed E-state index contributed by atoms with van der Waals surface area (Å²) in [6.07, 6.45) is 1.39. The third kappa shape index (κ3) is 7.08. The van der Waals surface area contributed by atoms with Gasteiger partial charge in [-0.05, 0) is 79.2 Å². The van der Waals surface area contributed by atoms with Gasteiger partial charge in [0.2, 0.25) is 5.91 Å². The summed E-state index contributed by atoms with van der Waals surface area (Å²) in [5, 5.41) is 2.09. The number of rotatable bonds is 10. The summed E-state index contributed by atoms with van der Waals surface area (Å²) in [6, 6.07) is 15.9. The van der Waals surface area contributed by atoms with E-state index < -0.39 is 21.3 Å². The lowest BCUT2D eigenvalue weighted by Crippen LogP contribution is -2.32. The zero-order valence-corrected chi connectivity index (χ0v) is 24.4. The summed E-state index contributed by atoms with van der Waals surface area (Å²) in [5.41, 5.74) is 2.61. The van der Waals surface area contributed by atoms with Gasteiger partial charge in [0.1, 0.15) is 17.3 Å². The molecule has 4 rings (SSSR count). The molecule has 0 radical (unpaired) electrons. The van der Waals surface area contributed by atoms with Crippen LogP contribution in [0.1, 0.15) is 23.6 Å². The first-order chi connectivity index (χ1) is 19.5. The minimum absolute atomic E-state index is 0.0414. The number of benzene rings is 3. The number of hydrogen-bond acceptors (Lipinski definition) is 9. The largest absolute Gasteiger partial charge is 0.493 e. The van der Waals surface area contributed by atoms with Crippen molar-refractivity contribution in [2.45, 2.75) is 25.7 Å². The molecule has 0 aliphatic carbocycles. The van der Waals surface area contributed by atoms with Crippen LogP contribution in [-0.4, -0.2) is 50.6 Å². The summed E-state index contributed by atoms with van der Waals surface area (Å²) < 4.78 is 42.8. The molecular weight excluding hydrogens is 568 g/mol. The fourth-order valence-electron chi connectivity index (χ4n) is 3.91. The molecule has 0 atom stereocenters. The van der Waals surface area contributed by atoms with Crippen LogP contribution >= 0.6 is 11.8 Å². The Morgan fingerprint density at radius 1 is 1.02 bits per heavy atom. The lowest BCUT2D eigenvalue weighted by molar-refractivity contribution is -0.123. The summed E-state index contributed by atoms with van der Waals surface area (Å²) in [7, 11) is -2.98. The lowest BCUT2D eigenvalue weighted by Gasteiger charge is -2.15. The van der Waals surface area contributed by atoms with E-state index in [1.54, 1.807) is 12.1 Å². The van der Waals surface area contributed by atoms with Crippen LogP contribution in [0.4, 0.5) is 10.5 Å². The quantitative estimate of drug-likeness (QED) is 0.249. The molecule has 1 fully saturated rings. The lowest BCUT2D eigenvalue weighted by atomic mass is 10.1. The molecule has 0 bridgehead atoms. The minimum Gasteiger partial charge on any atom is -0.493 e. The fourth-order valence-corrected chi connectivity index (χ4v) is 5.73. The van der Waals surface area contributed by atoms with Crippen molar-refractivity contribution in [1.29, 1.82) is 0 Å².